The van der Waals surface area contributed by atoms with E-state index in [1.807, 2.05) is 29.8 Å². The number of sulfone groups is 1. The van der Waals surface area contributed by atoms with Crippen molar-refractivity contribution in [3.8, 4) is 0 Å². The summed E-state index contributed by atoms with van der Waals surface area (Å²) in [5.41, 5.74) is 1.70. The van der Waals surface area contributed by atoms with Crippen molar-refractivity contribution in [3.05, 3.63) is 79.0 Å². The van der Waals surface area contributed by atoms with Crippen molar-refractivity contribution >= 4 is 26.6 Å². The number of amides is 1. The maximum Gasteiger partial charge on any atom is 0.239 e. The Kier molecular flexibility index (Phi) is 5.90. The molecule has 1 amide bonds. The van der Waals surface area contributed by atoms with E-state index in [1.165, 1.54) is 0 Å². The molecule has 160 valence electrons. The van der Waals surface area contributed by atoms with E-state index in [2.05, 4.69) is 10.3 Å². The number of hydrogen-bond donors (Lipinski definition) is 1. The SMILES string of the molecule is Cc1ccc(S(=O)(=O)c2cn(CC(=O)NCCCn3ccnc3)c3ccccc23)cc1. The lowest BCUT2D eigenvalue weighted by Gasteiger charge is -2.07. The van der Waals surface area contributed by atoms with Gasteiger partial charge >= 0.3 is 0 Å². The lowest BCUT2D eigenvalue weighted by molar-refractivity contribution is -0.121. The molecule has 7 nitrogen and oxygen atoms in total. The van der Waals surface area contributed by atoms with Crippen molar-refractivity contribution in [2.24, 2.45) is 0 Å². The van der Waals surface area contributed by atoms with Gasteiger partial charge in [0.05, 0.1) is 16.1 Å². The van der Waals surface area contributed by atoms with Crippen LogP contribution in [-0.4, -0.2) is 35.0 Å². The van der Waals surface area contributed by atoms with Gasteiger partial charge in [-0.3, -0.25) is 4.79 Å². The van der Waals surface area contributed by atoms with E-state index in [0.717, 1.165) is 18.5 Å². The second-order valence-electron chi connectivity index (χ2n) is 7.46. The number of fused-ring (bicyclic) bond motifs is 1. The van der Waals surface area contributed by atoms with Gasteiger partial charge in [-0.05, 0) is 31.5 Å². The Morgan fingerprint density at radius 3 is 2.61 bits per heavy atom. The molecule has 4 rings (SSSR count). The Morgan fingerprint density at radius 2 is 1.87 bits per heavy atom. The van der Waals surface area contributed by atoms with Crippen LogP contribution in [0.2, 0.25) is 0 Å². The molecule has 2 heterocycles. The zero-order valence-corrected chi connectivity index (χ0v) is 18.0. The van der Waals surface area contributed by atoms with Gasteiger partial charge in [0.15, 0.2) is 0 Å². The van der Waals surface area contributed by atoms with Crippen LogP contribution < -0.4 is 5.32 Å². The molecule has 0 aliphatic carbocycles. The standard InChI is InChI=1S/C23H24N4O3S/c1-18-7-9-19(10-8-18)31(29,30)22-15-27(21-6-3-2-5-20(21)22)16-23(28)25-11-4-13-26-14-12-24-17-26/h2-3,5-10,12,14-15,17H,4,11,13,16H2,1H3,(H,25,28). The fourth-order valence-corrected chi connectivity index (χ4v) is 5.00. The molecule has 2 aromatic heterocycles. The van der Waals surface area contributed by atoms with Crippen molar-refractivity contribution in [1.82, 2.24) is 19.4 Å². The maximum atomic E-state index is 13.3. The molecule has 0 spiro atoms. The number of para-hydroxylation sites is 1. The van der Waals surface area contributed by atoms with Crippen molar-refractivity contribution in [1.29, 1.82) is 0 Å². The molecule has 8 heteroatoms. The predicted octanol–water partition coefficient (Wildman–Crippen LogP) is 3.19. The van der Waals surface area contributed by atoms with Crippen LogP contribution in [0.3, 0.4) is 0 Å². The highest BCUT2D eigenvalue weighted by molar-refractivity contribution is 7.91. The highest BCUT2D eigenvalue weighted by Crippen LogP contribution is 2.30. The number of rotatable bonds is 8. The fourth-order valence-electron chi connectivity index (χ4n) is 3.52. The van der Waals surface area contributed by atoms with E-state index < -0.39 is 9.84 Å². The third-order valence-corrected chi connectivity index (χ3v) is 6.96. The van der Waals surface area contributed by atoms with Crippen LogP contribution >= 0.6 is 0 Å². The molecule has 0 saturated carbocycles. The Morgan fingerprint density at radius 1 is 1.10 bits per heavy atom. The average Bonchev–Trinajstić information content (AvgIpc) is 3.40. The van der Waals surface area contributed by atoms with E-state index in [4.69, 9.17) is 0 Å². The molecule has 31 heavy (non-hydrogen) atoms. The molecular weight excluding hydrogens is 412 g/mol. The molecule has 0 radical (unpaired) electrons. The van der Waals surface area contributed by atoms with Gasteiger partial charge in [0.1, 0.15) is 6.54 Å². The van der Waals surface area contributed by atoms with Crippen LogP contribution in [0.1, 0.15) is 12.0 Å². The molecule has 0 saturated heterocycles. The monoisotopic (exact) mass is 436 g/mol. The quantitative estimate of drug-likeness (QED) is 0.430. The number of hydrogen-bond acceptors (Lipinski definition) is 4. The van der Waals surface area contributed by atoms with E-state index in [9.17, 15) is 13.2 Å². The van der Waals surface area contributed by atoms with Gasteiger partial charge in [-0.15, -0.1) is 0 Å². The smallest absolute Gasteiger partial charge is 0.239 e. The minimum absolute atomic E-state index is 0.0506. The van der Waals surface area contributed by atoms with Crippen LogP contribution in [-0.2, 0) is 27.7 Å². The number of aryl methyl sites for hydroxylation is 2. The molecular formula is C23H24N4O3S. The highest BCUT2D eigenvalue weighted by Gasteiger charge is 2.23. The lowest BCUT2D eigenvalue weighted by Crippen LogP contribution is -2.28. The topological polar surface area (TPSA) is 86.0 Å². The van der Waals surface area contributed by atoms with Crippen molar-refractivity contribution < 1.29 is 13.2 Å². The molecule has 0 aliphatic heterocycles. The van der Waals surface area contributed by atoms with E-state index in [0.29, 0.717) is 17.4 Å². The summed E-state index contributed by atoms with van der Waals surface area (Å²) in [7, 11) is -3.70. The molecule has 1 N–H and O–H groups in total. The first-order chi connectivity index (χ1) is 14.9. The Bertz CT molecular complexity index is 1290. The average molecular weight is 437 g/mol. The van der Waals surface area contributed by atoms with Crippen LogP contribution in [0.4, 0.5) is 0 Å². The minimum Gasteiger partial charge on any atom is -0.354 e. The molecule has 0 atom stereocenters. The Balaban J connectivity index is 1.52. The van der Waals surface area contributed by atoms with Gasteiger partial charge in [0.2, 0.25) is 15.7 Å². The van der Waals surface area contributed by atoms with Gasteiger partial charge in [-0.2, -0.15) is 0 Å². The zero-order chi connectivity index (χ0) is 21.8. The molecule has 0 fully saturated rings. The number of benzene rings is 2. The summed E-state index contributed by atoms with van der Waals surface area (Å²) in [6.45, 7) is 3.27. The molecule has 0 aliphatic rings. The third kappa shape index (κ3) is 4.54. The summed E-state index contributed by atoms with van der Waals surface area (Å²) >= 11 is 0. The fraction of sp³-hybridized carbons (Fsp3) is 0.217. The molecule has 0 unspecified atom stereocenters. The van der Waals surface area contributed by atoms with E-state index in [-0.39, 0.29) is 22.2 Å². The lowest BCUT2D eigenvalue weighted by atomic mass is 10.2. The van der Waals surface area contributed by atoms with Crippen molar-refractivity contribution in [3.63, 3.8) is 0 Å². The number of carbonyl (C=O) groups is 1. The summed E-state index contributed by atoms with van der Waals surface area (Å²) < 4.78 is 30.2. The summed E-state index contributed by atoms with van der Waals surface area (Å²) in [6, 6.07) is 14.0. The normalized spacial score (nSPS) is 11.6. The maximum absolute atomic E-state index is 13.3. The van der Waals surface area contributed by atoms with Gasteiger partial charge in [0, 0.05) is 42.6 Å². The minimum atomic E-state index is -3.70. The van der Waals surface area contributed by atoms with Gasteiger partial charge in [-0.1, -0.05) is 35.9 Å². The first-order valence-electron chi connectivity index (χ1n) is 10.1. The summed E-state index contributed by atoms with van der Waals surface area (Å²) in [4.78, 5) is 16.9. The second kappa shape index (κ2) is 8.77. The number of aromatic nitrogens is 3. The van der Waals surface area contributed by atoms with Crippen LogP contribution in [0, 0.1) is 6.92 Å². The number of nitrogens with zero attached hydrogens (tertiary/aromatic N) is 3. The summed E-state index contributed by atoms with van der Waals surface area (Å²) in [5, 5.41) is 3.51. The number of imidazole rings is 1. The third-order valence-electron chi connectivity index (χ3n) is 5.16. The second-order valence-corrected chi connectivity index (χ2v) is 9.38. The van der Waals surface area contributed by atoms with Crippen molar-refractivity contribution in [2.75, 3.05) is 6.54 Å². The van der Waals surface area contributed by atoms with Gasteiger partial charge in [-0.25, -0.2) is 13.4 Å². The van der Waals surface area contributed by atoms with Crippen LogP contribution in [0.25, 0.3) is 10.9 Å². The predicted molar refractivity (Wildman–Crippen MR) is 118 cm³/mol. The first kappa shape index (κ1) is 20.9. The largest absolute Gasteiger partial charge is 0.354 e. The molecule has 4 aromatic rings. The number of nitrogens with one attached hydrogen (secondary N) is 1. The van der Waals surface area contributed by atoms with E-state index >= 15 is 0 Å². The molecule has 2 aromatic carbocycles. The van der Waals surface area contributed by atoms with Crippen molar-refractivity contribution in [2.45, 2.75) is 36.2 Å². The summed E-state index contributed by atoms with van der Waals surface area (Å²) in [6.07, 6.45) is 7.68. The first-order valence-corrected chi connectivity index (χ1v) is 11.6. The van der Waals surface area contributed by atoms with E-state index in [1.54, 1.807) is 59.7 Å². The van der Waals surface area contributed by atoms with Crippen LogP contribution in [0.5, 0.6) is 0 Å². The highest BCUT2D eigenvalue weighted by atomic mass is 32.2. The Labute approximate surface area is 181 Å². The van der Waals surface area contributed by atoms with Crippen LogP contribution in [0.15, 0.2) is 83.2 Å². The van der Waals surface area contributed by atoms with Gasteiger partial charge < -0.3 is 14.5 Å². The number of carbonyl (C=O) groups excluding carboxylic acids is 1. The molecule has 0 bridgehead atoms. The Hall–Kier alpha value is -3.39. The zero-order valence-electron chi connectivity index (χ0n) is 17.2. The van der Waals surface area contributed by atoms with Gasteiger partial charge in [0.25, 0.3) is 0 Å². The summed E-state index contributed by atoms with van der Waals surface area (Å²) in [5.74, 6) is -0.161.